The Balaban J connectivity index is -0.0000000351. The van der Waals surface area contributed by atoms with Gasteiger partial charge in [0.15, 0.2) is 0 Å². The molecule has 0 aromatic rings. The molecule has 0 aliphatic rings. The molecule has 0 aliphatic heterocycles. The Kier molecular flexibility index (Phi) is 169. The molecule has 3 N–H and O–H groups in total. The van der Waals surface area contributed by atoms with Crippen LogP contribution in [0.5, 0.6) is 0 Å². The standard InChI is InChI=1S/C13H30N2O8.2C3H6.2C2H4.8CH4/c1-12(16)10-20-8-6-14(4-5-15(22-17)23-18)7-9-21-11-13(2)19-3;2*1-3-2;2*1-2;;;;;;;;/h12-13,16-18H,4-11H2,1-3H3;2*3H,1H2,2H3;2*1-2H2;8*1H4. The molecule has 10 heteroatoms. The van der Waals surface area contributed by atoms with Crippen LogP contribution in [0, 0.1) is 0 Å². The Hall–Kier alpha value is -1.44. The van der Waals surface area contributed by atoms with Gasteiger partial charge in [-0.15, -0.1) is 49.5 Å². The number of ether oxygens (including phenoxy) is 3. The van der Waals surface area contributed by atoms with Crippen molar-refractivity contribution in [2.24, 2.45) is 0 Å². The van der Waals surface area contributed by atoms with Gasteiger partial charge in [0.05, 0.1) is 45.2 Å². The highest BCUT2D eigenvalue weighted by molar-refractivity contribution is 4.59. The van der Waals surface area contributed by atoms with Gasteiger partial charge in [0, 0.05) is 26.7 Å². The van der Waals surface area contributed by atoms with E-state index < -0.39 is 6.10 Å². The quantitative estimate of drug-likeness (QED) is 0.0677. The van der Waals surface area contributed by atoms with Crippen LogP contribution in [0.15, 0.2) is 51.6 Å². The fraction of sp³-hybridized carbons (Fsp3) is 0.742. The lowest BCUT2D eigenvalue weighted by molar-refractivity contribution is -0.583. The maximum atomic E-state index is 9.14. The predicted molar refractivity (Wildman–Crippen MR) is 188 cm³/mol. The van der Waals surface area contributed by atoms with Crippen molar-refractivity contribution in [3.63, 3.8) is 0 Å². The van der Waals surface area contributed by atoms with Crippen LogP contribution < -0.4 is 0 Å². The Bertz CT molecular complexity index is 355. The molecule has 0 saturated carbocycles. The van der Waals surface area contributed by atoms with Gasteiger partial charge in [0.1, 0.15) is 0 Å². The van der Waals surface area contributed by atoms with Crippen molar-refractivity contribution < 1.29 is 39.8 Å². The zero-order valence-electron chi connectivity index (χ0n) is 21.5. The second kappa shape index (κ2) is 83.3. The first-order valence-electron chi connectivity index (χ1n) is 10.5. The van der Waals surface area contributed by atoms with E-state index in [4.69, 9.17) is 29.8 Å². The van der Waals surface area contributed by atoms with Crippen LogP contribution in [0.4, 0.5) is 0 Å². The van der Waals surface area contributed by atoms with Crippen molar-refractivity contribution >= 4 is 0 Å². The van der Waals surface area contributed by atoms with Gasteiger partial charge in [0.2, 0.25) is 0 Å². The number of rotatable bonds is 16. The Labute approximate surface area is 260 Å². The van der Waals surface area contributed by atoms with Crippen LogP contribution in [-0.4, -0.2) is 97.7 Å². The molecule has 0 fully saturated rings. The number of hydrogen-bond donors (Lipinski definition) is 3. The third kappa shape index (κ3) is 92.9. The van der Waals surface area contributed by atoms with E-state index in [1.54, 1.807) is 26.2 Å². The molecule has 0 aromatic heterocycles. The molecule has 0 aliphatic carbocycles. The lowest BCUT2D eigenvalue weighted by Crippen LogP contribution is -2.38. The van der Waals surface area contributed by atoms with Gasteiger partial charge in [-0.3, -0.25) is 4.90 Å². The normalized spacial score (nSPS) is 9.02. The molecule has 0 radical (unpaired) electrons. The van der Waals surface area contributed by atoms with Gasteiger partial charge < -0.3 is 19.3 Å². The third-order valence-corrected chi connectivity index (χ3v) is 3.00. The van der Waals surface area contributed by atoms with Gasteiger partial charge >= 0.3 is 0 Å². The largest absolute Gasteiger partial charge is 0.391 e. The second-order valence-corrected chi connectivity index (χ2v) is 5.92. The molecule has 2 atom stereocenters. The summed E-state index contributed by atoms with van der Waals surface area (Å²) in [6, 6.07) is 0. The average molecular weight is 611 g/mol. The average Bonchev–Trinajstić information content (AvgIpc) is 2.82. The highest BCUT2D eigenvalue weighted by atomic mass is 17.4. The molecule has 0 spiro atoms. The summed E-state index contributed by atoms with van der Waals surface area (Å²) in [5, 5.41) is 26.6. The van der Waals surface area contributed by atoms with E-state index in [-0.39, 0.29) is 78.7 Å². The summed E-state index contributed by atoms with van der Waals surface area (Å²) in [6.45, 7) is 29.5. The van der Waals surface area contributed by atoms with E-state index in [2.05, 4.69) is 49.5 Å². The van der Waals surface area contributed by atoms with Crippen LogP contribution >= 0.6 is 0 Å². The van der Waals surface area contributed by atoms with Gasteiger partial charge in [-0.2, -0.15) is 0 Å². The van der Waals surface area contributed by atoms with Crippen LogP contribution in [0.2, 0.25) is 0 Å². The van der Waals surface area contributed by atoms with Crippen molar-refractivity contribution in [3.05, 3.63) is 51.6 Å². The van der Waals surface area contributed by atoms with Crippen molar-refractivity contribution in [1.29, 1.82) is 0 Å². The van der Waals surface area contributed by atoms with Gasteiger partial charge in [-0.05, 0) is 32.9 Å². The van der Waals surface area contributed by atoms with Crippen molar-refractivity contribution in [2.45, 2.75) is 99.3 Å². The molecule has 0 bridgehead atoms. The van der Waals surface area contributed by atoms with E-state index >= 15 is 0 Å². The molecule has 41 heavy (non-hydrogen) atoms. The lowest BCUT2D eigenvalue weighted by atomic mass is 10.4. The molecule has 0 rings (SSSR count). The zero-order valence-corrected chi connectivity index (χ0v) is 21.5. The van der Waals surface area contributed by atoms with Gasteiger partial charge in [-0.1, -0.05) is 71.6 Å². The zero-order chi connectivity index (χ0) is 26.9. The molecule has 0 amide bonds. The number of methoxy groups -OCH3 is 1. The summed E-state index contributed by atoms with van der Waals surface area (Å²) >= 11 is 0. The fourth-order valence-electron chi connectivity index (χ4n) is 1.61. The first kappa shape index (κ1) is 83.4. The number of aliphatic hydroxyl groups excluding tert-OH is 1. The summed E-state index contributed by atoms with van der Waals surface area (Å²) in [5.41, 5.74) is 0. The number of aliphatic hydroxyl groups is 1. The molecule has 0 aromatic carbocycles. The predicted octanol–water partition coefficient (Wildman–Crippen LogP) is 8.93. The van der Waals surface area contributed by atoms with Gasteiger partial charge in [-0.25, -0.2) is 10.5 Å². The molecule has 264 valence electrons. The smallest absolute Gasteiger partial charge is 0.0776 e. The maximum Gasteiger partial charge on any atom is 0.0776 e. The monoisotopic (exact) mass is 611 g/mol. The van der Waals surface area contributed by atoms with Crippen LogP contribution in [0.1, 0.15) is 87.1 Å². The van der Waals surface area contributed by atoms with Crippen molar-refractivity contribution in [2.75, 3.05) is 59.7 Å². The minimum absolute atomic E-state index is 0. The molecular weight excluding hydrogens is 528 g/mol. The number of allylic oxidation sites excluding steroid dienone is 2. The number of hydrogen-bond acceptors (Lipinski definition) is 10. The van der Waals surface area contributed by atoms with E-state index in [9.17, 15) is 0 Å². The van der Waals surface area contributed by atoms with Crippen molar-refractivity contribution in [3.8, 4) is 0 Å². The SMILES string of the molecule is C.C.C.C.C.C.C.C.C=C.C=C.C=CC.C=CC.COC(C)COCCN(CCOCC(C)O)CCN(OO)OO. The maximum absolute atomic E-state index is 9.14. The first-order valence-corrected chi connectivity index (χ1v) is 10.5. The third-order valence-electron chi connectivity index (χ3n) is 3.00. The van der Waals surface area contributed by atoms with E-state index in [0.29, 0.717) is 44.7 Å². The Morgan fingerprint density at radius 2 is 0.976 bits per heavy atom. The van der Waals surface area contributed by atoms with Crippen LogP contribution in [-0.2, 0) is 24.2 Å². The minimum atomic E-state index is -0.511. The van der Waals surface area contributed by atoms with E-state index in [1.807, 2.05) is 25.7 Å². The number of hydroxylamine groups is 2. The van der Waals surface area contributed by atoms with Gasteiger partial charge in [0.25, 0.3) is 0 Å². The number of nitrogens with zero attached hydrogens (tertiary/aromatic N) is 2. The van der Waals surface area contributed by atoms with E-state index in [1.165, 1.54) is 0 Å². The Morgan fingerprint density at radius 3 is 1.24 bits per heavy atom. The highest BCUT2D eigenvalue weighted by Gasteiger charge is 2.11. The first-order chi connectivity index (χ1) is 15.9. The summed E-state index contributed by atoms with van der Waals surface area (Å²) in [5.74, 6) is 0. The fourth-order valence-corrected chi connectivity index (χ4v) is 1.61. The molecular formula is C31H82N2O8. The summed E-state index contributed by atoms with van der Waals surface area (Å²) in [7, 11) is 1.62. The lowest BCUT2D eigenvalue weighted by Gasteiger charge is -2.24. The second-order valence-electron chi connectivity index (χ2n) is 5.92. The molecule has 0 saturated heterocycles. The van der Waals surface area contributed by atoms with Crippen LogP contribution in [0.25, 0.3) is 0 Å². The minimum Gasteiger partial charge on any atom is -0.391 e. The highest BCUT2D eigenvalue weighted by Crippen LogP contribution is 1.96. The molecule has 10 nitrogen and oxygen atoms in total. The molecule has 0 heterocycles. The van der Waals surface area contributed by atoms with Crippen molar-refractivity contribution in [1.82, 2.24) is 10.1 Å². The topological polar surface area (TPSA) is 113 Å². The summed E-state index contributed by atoms with van der Waals surface area (Å²) in [6.07, 6.45) is 3.02. The summed E-state index contributed by atoms with van der Waals surface area (Å²) < 4.78 is 15.9. The van der Waals surface area contributed by atoms with E-state index in [0.717, 1.165) is 0 Å². The molecule has 2 unspecified atom stereocenters. The summed E-state index contributed by atoms with van der Waals surface area (Å²) in [4.78, 5) is 9.58. The Morgan fingerprint density at radius 1 is 0.659 bits per heavy atom. The van der Waals surface area contributed by atoms with Crippen LogP contribution in [0.3, 0.4) is 0 Å².